The highest BCUT2D eigenvalue weighted by atomic mass is 19.1. The van der Waals surface area contributed by atoms with Gasteiger partial charge in [-0.1, -0.05) is 48.5 Å². The Labute approximate surface area is 252 Å². The van der Waals surface area contributed by atoms with E-state index in [1.54, 1.807) is 24.3 Å². The van der Waals surface area contributed by atoms with Gasteiger partial charge in [-0.2, -0.15) is 0 Å². The van der Waals surface area contributed by atoms with Gasteiger partial charge in [-0.05, 0) is 115 Å². The van der Waals surface area contributed by atoms with Crippen LogP contribution in [0.4, 0.5) is 8.78 Å². The molecule has 0 saturated heterocycles. The van der Waals surface area contributed by atoms with Crippen molar-refractivity contribution in [2.24, 2.45) is 0 Å². The maximum atomic E-state index is 14.1. The second kappa shape index (κ2) is 10.0. The first-order chi connectivity index (χ1) is 21.4. The number of allylic oxidation sites excluding steroid dienone is 2. The van der Waals surface area contributed by atoms with Crippen LogP contribution in [-0.2, 0) is 0 Å². The first-order valence-corrected chi connectivity index (χ1v) is 13.5. The zero-order valence-corrected chi connectivity index (χ0v) is 22.8. The molecule has 0 radical (unpaired) electrons. The number of hydrogen-bond acceptors (Lipinski definition) is 2. The summed E-state index contributed by atoms with van der Waals surface area (Å²) in [6.07, 6.45) is 0. The largest absolute Gasteiger partial charge is 0.270 e. The minimum Gasteiger partial charge on any atom is -0.226 e. The third kappa shape index (κ3) is 3.92. The lowest BCUT2D eigenvalue weighted by Crippen LogP contribution is -1.90. The lowest BCUT2D eigenvalue weighted by Gasteiger charge is -2.09. The molecule has 4 nitrogen and oxygen atoms in total. The van der Waals surface area contributed by atoms with Gasteiger partial charge in [0.25, 0.3) is 11.4 Å². The van der Waals surface area contributed by atoms with Crippen LogP contribution in [0, 0.1) is 47.4 Å². The average molecular weight is 567 g/mol. The summed E-state index contributed by atoms with van der Waals surface area (Å²) in [5.74, 6) is -0.743. The van der Waals surface area contributed by atoms with Gasteiger partial charge in [0.15, 0.2) is 0 Å². The summed E-state index contributed by atoms with van der Waals surface area (Å²) in [5.41, 5.74) is 9.42. The smallest absolute Gasteiger partial charge is 0.226 e. The zero-order chi connectivity index (χ0) is 30.5. The molecule has 5 aromatic carbocycles. The van der Waals surface area contributed by atoms with E-state index in [0.717, 1.165) is 33.4 Å². The summed E-state index contributed by atoms with van der Waals surface area (Å²) in [7, 11) is 0. The highest BCUT2D eigenvalue weighted by Crippen LogP contribution is 2.54. The van der Waals surface area contributed by atoms with Crippen LogP contribution >= 0.6 is 0 Å². The van der Waals surface area contributed by atoms with Crippen molar-refractivity contribution in [3.8, 4) is 56.6 Å². The predicted molar refractivity (Wildman–Crippen MR) is 165 cm³/mol. The second-order valence-corrected chi connectivity index (χ2v) is 10.4. The number of halogens is 2. The van der Waals surface area contributed by atoms with Gasteiger partial charge in [0.05, 0.1) is 25.3 Å². The maximum absolute atomic E-state index is 14.1. The fourth-order valence-electron chi connectivity index (χ4n) is 6.20. The molecule has 0 aromatic heterocycles. The van der Waals surface area contributed by atoms with Gasteiger partial charge in [-0.15, -0.1) is 0 Å². The van der Waals surface area contributed by atoms with E-state index in [1.807, 2.05) is 60.7 Å². The van der Waals surface area contributed by atoms with E-state index in [1.165, 1.54) is 24.3 Å². The van der Waals surface area contributed by atoms with Gasteiger partial charge in [-0.3, -0.25) is 0 Å². The summed E-state index contributed by atoms with van der Waals surface area (Å²) >= 11 is 0. The normalized spacial score (nSPS) is 14.1. The zero-order valence-electron chi connectivity index (χ0n) is 22.8. The van der Waals surface area contributed by atoms with E-state index in [-0.39, 0.29) is 23.0 Å². The van der Waals surface area contributed by atoms with Crippen molar-refractivity contribution in [1.29, 1.82) is 10.5 Å². The molecule has 0 heterocycles. The van der Waals surface area contributed by atoms with Crippen LogP contribution in [0.2, 0.25) is 0 Å². The van der Waals surface area contributed by atoms with Crippen LogP contribution in [0.1, 0.15) is 22.3 Å². The van der Waals surface area contributed by atoms with Crippen LogP contribution in [0.15, 0.2) is 108 Å². The van der Waals surface area contributed by atoms with E-state index < -0.39 is 0 Å². The molecule has 0 atom stereocenters. The Morgan fingerprint density at radius 1 is 0.477 bits per heavy atom. The Bertz CT molecular complexity index is 2150. The molecule has 2 aliphatic rings. The molecule has 202 valence electrons. The molecule has 0 amide bonds. The van der Waals surface area contributed by atoms with Gasteiger partial charge in [0.1, 0.15) is 11.6 Å². The minimum atomic E-state index is -0.371. The van der Waals surface area contributed by atoms with Crippen molar-refractivity contribution in [3.63, 3.8) is 0 Å². The van der Waals surface area contributed by atoms with Crippen molar-refractivity contribution in [1.82, 2.24) is 0 Å². The average Bonchev–Trinajstić information content (AvgIpc) is 3.53. The quantitative estimate of drug-likeness (QED) is 0.155. The lowest BCUT2D eigenvalue weighted by atomic mass is 9.95. The fourth-order valence-corrected chi connectivity index (χ4v) is 6.20. The van der Waals surface area contributed by atoms with E-state index in [2.05, 4.69) is 9.69 Å². The first-order valence-electron chi connectivity index (χ1n) is 13.5. The van der Waals surface area contributed by atoms with Crippen molar-refractivity contribution in [3.05, 3.63) is 165 Å². The molecule has 0 aliphatic heterocycles. The molecule has 0 fully saturated rings. The van der Waals surface area contributed by atoms with Gasteiger partial charge < -0.3 is 0 Å². The fraction of sp³-hybridized carbons (Fsp3) is 0. The highest BCUT2D eigenvalue weighted by Gasteiger charge is 2.33. The predicted octanol–water partition coefficient (Wildman–Crippen LogP) is 9.66. The number of nitrogens with zero attached hydrogens (tertiary/aromatic N) is 4. The Balaban J connectivity index is 1.49. The lowest BCUT2D eigenvalue weighted by molar-refractivity contribution is 0.628. The molecule has 7 rings (SSSR count). The molecule has 5 aromatic rings. The number of hydrogen-bond donors (Lipinski definition) is 0. The Morgan fingerprint density at radius 3 is 1.23 bits per heavy atom. The highest BCUT2D eigenvalue weighted by molar-refractivity contribution is 6.11. The van der Waals surface area contributed by atoms with Crippen molar-refractivity contribution >= 4 is 11.1 Å². The molecule has 0 spiro atoms. The molecule has 0 bridgehead atoms. The third-order valence-electron chi connectivity index (χ3n) is 8.08. The summed E-state index contributed by atoms with van der Waals surface area (Å²) in [6, 6.07) is 31.6. The maximum Gasteiger partial charge on any atom is 0.270 e. The number of rotatable bonds is 2. The SMILES string of the molecule is [C-]#[N+]/C(C#N)=C1/c2cc(-c3cccc(F)c3)ccc2-c2cc3c(cc21)-c1ccc(-c2cccc(F)c2)cc1/C3=C(/C#N)[N+]#[C-]. The van der Waals surface area contributed by atoms with E-state index in [0.29, 0.717) is 44.5 Å². The molecular formula is C38H16F2N4. The summed E-state index contributed by atoms with van der Waals surface area (Å²) in [4.78, 5) is 7.10. The number of fused-ring (bicyclic) bond motifs is 6. The monoisotopic (exact) mass is 566 g/mol. The first kappa shape index (κ1) is 26.3. The Hall–Kier alpha value is -6.60. The van der Waals surface area contributed by atoms with Gasteiger partial charge in [0.2, 0.25) is 0 Å². The van der Waals surface area contributed by atoms with Crippen LogP contribution in [0.3, 0.4) is 0 Å². The number of nitriles is 2. The van der Waals surface area contributed by atoms with Gasteiger partial charge >= 0.3 is 0 Å². The van der Waals surface area contributed by atoms with Crippen LogP contribution < -0.4 is 0 Å². The second-order valence-electron chi connectivity index (χ2n) is 10.4. The molecule has 0 unspecified atom stereocenters. The van der Waals surface area contributed by atoms with Gasteiger partial charge in [0, 0.05) is 11.1 Å². The van der Waals surface area contributed by atoms with Gasteiger partial charge in [-0.25, -0.2) is 29.0 Å². The third-order valence-corrected chi connectivity index (χ3v) is 8.08. The molecule has 6 heteroatoms. The van der Waals surface area contributed by atoms with Crippen LogP contribution in [0.5, 0.6) is 0 Å². The Morgan fingerprint density at radius 2 is 0.864 bits per heavy atom. The van der Waals surface area contributed by atoms with Crippen LogP contribution in [-0.4, -0.2) is 0 Å². The van der Waals surface area contributed by atoms with E-state index in [9.17, 15) is 19.3 Å². The van der Waals surface area contributed by atoms with Crippen molar-refractivity contribution in [2.45, 2.75) is 0 Å². The summed E-state index contributed by atoms with van der Waals surface area (Å²) in [6.45, 7) is 15.5. The standard InChI is InChI=1S/C38H16F2N4/c1-43-35(19-41)37-31-15-23(21-5-3-7-25(39)13-21)9-11-27(31)29-18-34-30(17-33(29)37)28-12-10-24(22-6-4-8-26(40)14-22)16-32(28)38(34)36(20-42)44-2/h3-18H/b37-35-,38-36+. The summed E-state index contributed by atoms with van der Waals surface area (Å²) in [5, 5.41) is 19.9. The van der Waals surface area contributed by atoms with Crippen molar-refractivity contribution in [2.75, 3.05) is 0 Å². The molecule has 0 N–H and O–H groups in total. The summed E-state index contributed by atoms with van der Waals surface area (Å²) < 4.78 is 28.1. The van der Waals surface area contributed by atoms with Crippen LogP contribution in [0.25, 0.3) is 65.3 Å². The molecule has 2 aliphatic carbocycles. The topological polar surface area (TPSA) is 56.3 Å². The van der Waals surface area contributed by atoms with Crippen molar-refractivity contribution < 1.29 is 8.78 Å². The number of benzene rings is 5. The molecular weight excluding hydrogens is 550 g/mol. The van der Waals surface area contributed by atoms with E-state index >= 15 is 0 Å². The van der Waals surface area contributed by atoms with E-state index in [4.69, 9.17) is 13.1 Å². The minimum absolute atomic E-state index is 0.0735. The molecule has 0 saturated carbocycles. The Kier molecular flexibility index (Phi) is 6.00. The molecule has 44 heavy (non-hydrogen) atoms.